The number of carbonyl (C=O) groups is 2. The fourth-order valence-corrected chi connectivity index (χ4v) is 1.43. The highest BCUT2D eigenvalue weighted by Gasteiger charge is 2.24. The van der Waals surface area contributed by atoms with Crippen molar-refractivity contribution in [1.82, 2.24) is 0 Å². The average Bonchev–Trinajstić information content (AvgIpc) is 2.31. The van der Waals surface area contributed by atoms with E-state index in [-0.39, 0.29) is 6.42 Å². The molecule has 116 valence electrons. The quantitative estimate of drug-likeness (QED) is 0.684. The third-order valence-corrected chi connectivity index (χ3v) is 2.32. The molecule has 0 saturated heterocycles. The lowest BCUT2D eigenvalue weighted by Gasteiger charge is -2.19. The van der Waals surface area contributed by atoms with Crippen LogP contribution in [0.15, 0.2) is 18.2 Å². The molecule has 0 radical (unpaired) electrons. The molecule has 0 fully saturated rings. The van der Waals surface area contributed by atoms with Crippen molar-refractivity contribution in [3.05, 3.63) is 35.4 Å². The van der Waals surface area contributed by atoms with Crippen molar-refractivity contribution in [2.45, 2.75) is 38.8 Å². The first-order chi connectivity index (χ1) is 9.58. The molecule has 0 heterocycles. The second-order valence-corrected chi connectivity index (χ2v) is 5.44. The van der Waals surface area contributed by atoms with Crippen molar-refractivity contribution >= 4 is 12.1 Å². The molecular formula is C14H17F2NO4. The van der Waals surface area contributed by atoms with Crippen LogP contribution in [0.2, 0.25) is 0 Å². The lowest BCUT2D eigenvalue weighted by molar-refractivity contribution is -0.142. The molecule has 7 heteroatoms. The minimum absolute atomic E-state index is 0.0984. The number of ether oxygens (including phenoxy) is 2. The Morgan fingerprint density at radius 3 is 2.38 bits per heavy atom. The Kier molecular flexibility index (Phi) is 5.37. The molecule has 1 aromatic carbocycles. The standard InChI is InChI=1S/C14H17F2NO4/c1-14(2,3)21-13(19)20-12(18)11(17)7-8-4-5-9(15)10(16)6-8/h4-6,11H,7,17H2,1-3H3/t11-/m0/s1. The van der Waals surface area contributed by atoms with Gasteiger partial charge in [0.05, 0.1) is 0 Å². The van der Waals surface area contributed by atoms with E-state index < -0.39 is 35.4 Å². The first kappa shape index (κ1) is 17.0. The molecule has 0 aromatic heterocycles. The maximum atomic E-state index is 13.0. The van der Waals surface area contributed by atoms with E-state index in [1.165, 1.54) is 6.07 Å². The minimum Gasteiger partial charge on any atom is -0.428 e. The summed E-state index contributed by atoms with van der Waals surface area (Å²) in [6.45, 7) is 4.83. The Morgan fingerprint density at radius 1 is 1.24 bits per heavy atom. The number of halogens is 2. The number of hydrogen-bond donors (Lipinski definition) is 1. The summed E-state index contributed by atoms with van der Waals surface area (Å²) in [6, 6.07) is 1.95. The molecule has 0 unspecified atom stereocenters. The van der Waals surface area contributed by atoms with Crippen LogP contribution in [0.25, 0.3) is 0 Å². The van der Waals surface area contributed by atoms with Gasteiger partial charge in [0.15, 0.2) is 11.6 Å². The van der Waals surface area contributed by atoms with E-state index in [4.69, 9.17) is 10.5 Å². The maximum absolute atomic E-state index is 13.0. The fourth-order valence-electron chi connectivity index (χ4n) is 1.43. The molecule has 1 aromatic rings. The highest BCUT2D eigenvalue weighted by molar-refractivity contribution is 5.85. The van der Waals surface area contributed by atoms with Crippen LogP contribution >= 0.6 is 0 Å². The van der Waals surface area contributed by atoms with Crippen LogP contribution in [0.3, 0.4) is 0 Å². The number of nitrogens with two attached hydrogens (primary N) is 1. The largest absolute Gasteiger partial charge is 0.516 e. The summed E-state index contributed by atoms with van der Waals surface area (Å²) in [5.74, 6) is -3.04. The van der Waals surface area contributed by atoms with Crippen molar-refractivity contribution in [3.63, 3.8) is 0 Å². The lowest BCUT2D eigenvalue weighted by Crippen LogP contribution is -2.37. The van der Waals surface area contributed by atoms with E-state index in [0.29, 0.717) is 5.56 Å². The van der Waals surface area contributed by atoms with E-state index in [2.05, 4.69) is 4.74 Å². The van der Waals surface area contributed by atoms with Gasteiger partial charge in [-0.3, -0.25) is 0 Å². The SMILES string of the molecule is CC(C)(C)OC(=O)OC(=O)[C@@H](N)Cc1ccc(F)c(F)c1. The molecule has 0 aliphatic rings. The number of benzene rings is 1. The highest BCUT2D eigenvalue weighted by atomic mass is 19.2. The molecule has 0 amide bonds. The van der Waals surface area contributed by atoms with Crippen molar-refractivity contribution in [3.8, 4) is 0 Å². The van der Waals surface area contributed by atoms with Crippen molar-refractivity contribution < 1.29 is 27.8 Å². The number of hydrogen-bond acceptors (Lipinski definition) is 5. The van der Waals surface area contributed by atoms with Gasteiger partial charge in [-0.05, 0) is 44.9 Å². The van der Waals surface area contributed by atoms with Gasteiger partial charge in [-0.25, -0.2) is 18.4 Å². The Hall–Kier alpha value is -2.02. The summed E-state index contributed by atoms with van der Waals surface area (Å²) < 4.78 is 35.0. The van der Waals surface area contributed by atoms with Crippen LogP contribution in [0.5, 0.6) is 0 Å². The number of esters is 1. The van der Waals surface area contributed by atoms with Gasteiger partial charge in [0.1, 0.15) is 11.6 Å². The second kappa shape index (κ2) is 6.62. The zero-order chi connectivity index (χ0) is 16.2. The zero-order valence-corrected chi connectivity index (χ0v) is 12.0. The summed E-state index contributed by atoms with van der Waals surface area (Å²) in [7, 11) is 0. The lowest BCUT2D eigenvalue weighted by atomic mass is 10.1. The van der Waals surface area contributed by atoms with E-state index in [0.717, 1.165) is 12.1 Å². The first-order valence-corrected chi connectivity index (χ1v) is 6.22. The van der Waals surface area contributed by atoms with E-state index in [9.17, 15) is 18.4 Å². The fraction of sp³-hybridized carbons (Fsp3) is 0.429. The summed E-state index contributed by atoms with van der Waals surface area (Å²) in [5, 5.41) is 0. The number of rotatable bonds is 3. The second-order valence-electron chi connectivity index (χ2n) is 5.44. The Bertz CT molecular complexity index is 540. The van der Waals surface area contributed by atoms with Gasteiger partial charge in [0.2, 0.25) is 0 Å². The summed E-state index contributed by atoms with van der Waals surface area (Å²) in [5.41, 5.74) is 5.05. The molecule has 1 atom stereocenters. The van der Waals surface area contributed by atoms with Gasteiger partial charge >= 0.3 is 12.1 Å². The molecule has 0 aliphatic carbocycles. The molecular weight excluding hydrogens is 284 g/mol. The van der Waals surface area contributed by atoms with E-state index in [1.807, 2.05) is 0 Å². The summed E-state index contributed by atoms with van der Waals surface area (Å²) >= 11 is 0. The van der Waals surface area contributed by atoms with Crippen LogP contribution < -0.4 is 5.73 Å². The molecule has 1 rings (SSSR count). The van der Waals surface area contributed by atoms with E-state index in [1.54, 1.807) is 20.8 Å². The topological polar surface area (TPSA) is 78.6 Å². The van der Waals surface area contributed by atoms with Gasteiger partial charge in [0, 0.05) is 0 Å². The molecule has 0 aliphatic heterocycles. The predicted octanol–water partition coefficient (Wildman–Crippen LogP) is 2.31. The summed E-state index contributed by atoms with van der Waals surface area (Å²) in [4.78, 5) is 22.9. The van der Waals surface area contributed by atoms with Crippen LogP contribution in [-0.4, -0.2) is 23.8 Å². The van der Waals surface area contributed by atoms with Crippen LogP contribution in [0.1, 0.15) is 26.3 Å². The molecule has 21 heavy (non-hydrogen) atoms. The smallest absolute Gasteiger partial charge is 0.428 e. The van der Waals surface area contributed by atoms with Gasteiger partial charge in [-0.15, -0.1) is 0 Å². The van der Waals surface area contributed by atoms with Crippen molar-refractivity contribution in [1.29, 1.82) is 0 Å². The molecule has 0 bridgehead atoms. The Balaban J connectivity index is 2.58. The number of carbonyl (C=O) groups excluding carboxylic acids is 2. The van der Waals surface area contributed by atoms with Crippen LogP contribution in [-0.2, 0) is 20.7 Å². The molecule has 5 nitrogen and oxygen atoms in total. The Labute approximate surface area is 121 Å². The van der Waals surface area contributed by atoms with Crippen molar-refractivity contribution in [2.75, 3.05) is 0 Å². The normalized spacial score (nSPS) is 12.7. The zero-order valence-electron chi connectivity index (χ0n) is 12.0. The first-order valence-electron chi connectivity index (χ1n) is 6.22. The molecule has 2 N–H and O–H groups in total. The third kappa shape index (κ3) is 5.86. The average molecular weight is 301 g/mol. The maximum Gasteiger partial charge on any atom is 0.516 e. The van der Waals surface area contributed by atoms with Gasteiger partial charge in [-0.1, -0.05) is 6.07 Å². The van der Waals surface area contributed by atoms with Gasteiger partial charge in [0.25, 0.3) is 0 Å². The van der Waals surface area contributed by atoms with E-state index >= 15 is 0 Å². The third-order valence-electron chi connectivity index (χ3n) is 2.32. The Morgan fingerprint density at radius 2 is 1.86 bits per heavy atom. The molecule has 0 spiro atoms. The summed E-state index contributed by atoms with van der Waals surface area (Å²) in [6.07, 6.45) is -1.26. The van der Waals surface area contributed by atoms with Crippen LogP contribution in [0, 0.1) is 11.6 Å². The van der Waals surface area contributed by atoms with Gasteiger partial charge in [-0.2, -0.15) is 0 Å². The predicted molar refractivity (Wildman–Crippen MR) is 70.4 cm³/mol. The van der Waals surface area contributed by atoms with Crippen LogP contribution in [0.4, 0.5) is 13.6 Å². The van der Waals surface area contributed by atoms with Gasteiger partial charge < -0.3 is 15.2 Å². The van der Waals surface area contributed by atoms with Crippen molar-refractivity contribution in [2.24, 2.45) is 5.73 Å². The highest BCUT2D eigenvalue weighted by Crippen LogP contribution is 2.12. The monoisotopic (exact) mass is 301 g/mol. The molecule has 0 saturated carbocycles. The minimum atomic E-state index is -1.19.